The first kappa shape index (κ1) is 24.4. The molecular formula is C27H23ClN4O3S2. The number of rotatable bonds is 6. The smallest absolute Gasteiger partial charge is 0.268 e. The van der Waals surface area contributed by atoms with Crippen LogP contribution in [-0.2, 0) is 17.8 Å². The molecule has 0 spiro atoms. The molecule has 0 N–H and O–H groups in total. The summed E-state index contributed by atoms with van der Waals surface area (Å²) in [6, 6.07) is 16.3. The molecule has 0 saturated heterocycles. The molecule has 0 bridgehead atoms. The van der Waals surface area contributed by atoms with Crippen molar-refractivity contribution in [2.45, 2.75) is 38.1 Å². The summed E-state index contributed by atoms with van der Waals surface area (Å²) in [5, 5.41) is 10.7. The van der Waals surface area contributed by atoms with Crippen LogP contribution in [-0.4, -0.2) is 36.8 Å². The van der Waals surface area contributed by atoms with E-state index in [0.717, 1.165) is 15.3 Å². The highest BCUT2D eigenvalue weighted by atomic mass is 35.5. The Labute approximate surface area is 226 Å². The normalized spacial score (nSPS) is 15.5. The Balaban J connectivity index is 1.51. The molecular weight excluding hydrogens is 528 g/mol. The Morgan fingerprint density at radius 3 is 2.65 bits per heavy atom. The van der Waals surface area contributed by atoms with Crippen molar-refractivity contribution in [2.75, 3.05) is 5.75 Å². The number of ketones is 1. The van der Waals surface area contributed by atoms with Gasteiger partial charge in [-0.25, -0.2) is 8.97 Å². The van der Waals surface area contributed by atoms with Gasteiger partial charge in [0.1, 0.15) is 4.83 Å². The molecule has 4 heterocycles. The Hall–Kier alpha value is -2.98. The number of benzene rings is 2. The van der Waals surface area contributed by atoms with Crippen LogP contribution in [0.2, 0.25) is 5.02 Å². The fourth-order valence-corrected chi connectivity index (χ4v) is 6.87. The third-order valence-electron chi connectivity index (χ3n) is 6.60. The molecule has 1 aliphatic rings. The summed E-state index contributed by atoms with van der Waals surface area (Å²) in [5.41, 5.74) is 2.23. The van der Waals surface area contributed by atoms with Crippen LogP contribution in [0.3, 0.4) is 0 Å². The summed E-state index contributed by atoms with van der Waals surface area (Å²) in [4.78, 5) is 28.7. The summed E-state index contributed by atoms with van der Waals surface area (Å²) in [7, 11) is 0. The fourth-order valence-electron chi connectivity index (χ4n) is 4.62. The Bertz CT molecular complexity index is 1690. The molecule has 7 nitrogen and oxygen atoms in total. The number of hydrogen-bond acceptors (Lipinski definition) is 7. The average Bonchev–Trinajstić information content (AvgIpc) is 3.49. The van der Waals surface area contributed by atoms with E-state index in [1.165, 1.54) is 11.8 Å². The summed E-state index contributed by atoms with van der Waals surface area (Å²) >= 11 is 8.82. The van der Waals surface area contributed by atoms with E-state index in [1.54, 1.807) is 40.2 Å². The Kier molecular flexibility index (Phi) is 6.40. The molecule has 0 saturated carbocycles. The quantitative estimate of drug-likeness (QED) is 0.196. The number of halogens is 1. The number of carbonyl (C=O) groups excluding carboxylic acids is 1. The summed E-state index contributed by atoms with van der Waals surface area (Å²) in [6.07, 6.45) is 0.736. The molecule has 3 aromatic heterocycles. The highest BCUT2D eigenvalue weighted by Crippen LogP contribution is 2.37. The molecule has 5 aromatic rings. The van der Waals surface area contributed by atoms with Crippen molar-refractivity contribution in [3.05, 3.63) is 86.0 Å². The molecule has 0 radical (unpaired) electrons. The van der Waals surface area contributed by atoms with Gasteiger partial charge in [0.2, 0.25) is 5.78 Å². The molecule has 0 fully saturated rings. The van der Waals surface area contributed by atoms with Crippen molar-refractivity contribution in [1.82, 2.24) is 19.2 Å². The van der Waals surface area contributed by atoms with Crippen LogP contribution in [0.4, 0.5) is 0 Å². The maximum Gasteiger partial charge on any atom is 0.268 e. The molecule has 10 heteroatoms. The van der Waals surface area contributed by atoms with Gasteiger partial charge >= 0.3 is 0 Å². The summed E-state index contributed by atoms with van der Waals surface area (Å²) in [5.74, 6) is 0.899. The van der Waals surface area contributed by atoms with Crippen LogP contribution in [0.15, 0.2) is 64.5 Å². The van der Waals surface area contributed by atoms with E-state index in [-0.39, 0.29) is 23.2 Å². The minimum Gasteiger partial charge on any atom is -0.372 e. The lowest BCUT2D eigenvalue weighted by Crippen LogP contribution is -2.28. The molecule has 0 unspecified atom stereocenters. The van der Waals surface area contributed by atoms with Crippen LogP contribution in [0.5, 0.6) is 0 Å². The molecule has 1 atom stereocenters. The molecule has 0 aliphatic carbocycles. The molecule has 37 heavy (non-hydrogen) atoms. The molecule has 6 rings (SSSR count). The predicted molar refractivity (Wildman–Crippen MR) is 148 cm³/mol. The van der Waals surface area contributed by atoms with E-state index in [0.29, 0.717) is 51.5 Å². The first-order valence-electron chi connectivity index (χ1n) is 12.0. The second-order valence-electron chi connectivity index (χ2n) is 9.29. The van der Waals surface area contributed by atoms with E-state index in [4.69, 9.17) is 16.3 Å². The number of nitrogens with zero attached hydrogens (tertiary/aromatic N) is 4. The van der Waals surface area contributed by atoms with E-state index in [9.17, 15) is 9.59 Å². The van der Waals surface area contributed by atoms with Gasteiger partial charge in [-0.15, -0.1) is 21.5 Å². The zero-order valence-corrected chi connectivity index (χ0v) is 22.6. The number of para-hydroxylation sites is 1. The number of thioether (sulfide) groups is 1. The topological polar surface area (TPSA) is 78.5 Å². The average molecular weight is 551 g/mol. The Morgan fingerprint density at radius 2 is 1.92 bits per heavy atom. The number of carbonyl (C=O) groups is 1. The van der Waals surface area contributed by atoms with Crippen molar-refractivity contribution in [1.29, 1.82) is 0 Å². The number of thiophene rings is 1. The molecule has 0 amide bonds. The monoisotopic (exact) mass is 550 g/mol. The van der Waals surface area contributed by atoms with Crippen molar-refractivity contribution < 1.29 is 9.53 Å². The van der Waals surface area contributed by atoms with Crippen LogP contribution in [0.25, 0.3) is 21.7 Å². The van der Waals surface area contributed by atoms with Gasteiger partial charge in [0.15, 0.2) is 10.9 Å². The van der Waals surface area contributed by atoms with Crippen LogP contribution < -0.4 is 5.56 Å². The lowest BCUT2D eigenvalue weighted by Gasteiger charge is -2.26. The third-order valence-corrected chi connectivity index (χ3v) is 8.97. The van der Waals surface area contributed by atoms with Gasteiger partial charge in [-0.2, -0.15) is 0 Å². The standard InChI is InChI=1S/C27H23ClN4O3S2/c1-15(2)21-12-19-22(13-35-21)37-25-23(19)24(34)31(18-6-4-3-5-7-18)26-29-30-27(32(25)26)36-14-20(33)16-8-10-17(28)11-9-16/h3-11,15,21H,12-14H2,1-2H3/t21-/m1/s1. The number of ether oxygens (including phenoxy) is 1. The fraction of sp³-hybridized carbons (Fsp3) is 0.259. The Morgan fingerprint density at radius 1 is 1.16 bits per heavy atom. The van der Waals surface area contributed by atoms with Crippen molar-refractivity contribution >= 4 is 56.5 Å². The second kappa shape index (κ2) is 9.72. The zero-order chi connectivity index (χ0) is 25.7. The number of fused-ring (bicyclic) bond motifs is 5. The highest BCUT2D eigenvalue weighted by Gasteiger charge is 2.30. The van der Waals surface area contributed by atoms with Gasteiger partial charge in [0.25, 0.3) is 5.56 Å². The zero-order valence-electron chi connectivity index (χ0n) is 20.2. The predicted octanol–water partition coefficient (Wildman–Crippen LogP) is 5.82. The van der Waals surface area contributed by atoms with Gasteiger partial charge in [-0.1, -0.05) is 55.4 Å². The largest absolute Gasteiger partial charge is 0.372 e. The first-order valence-corrected chi connectivity index (χ1v) is 14.1. The molecule has 1 aliphatic heterocycles. The SMILES string of the molecule is CC(C)[C@H]1Cc2c(sc3c2c(=O)n(-c2ccccc2)c2nnc(SCC(=O)c4ccc(Cl)cc4)n32)CO1. The van der Waals surface area contributed by atoms with Crippen molar-refractivity contribution in [3.63, 3.8) is 0 Å². The minimum atomic E-state index is -0.114. The van der Waals surface area contributed by atoms with Gasteiger partial charge < -0.3 is 4.74 Å². The maximum atomic E-state index is 14.0. The maximum absolute atomic E-state index is 14.0. The van der Waals surface area contributed by atoms with Gasteiger partial charge in [0.05, 0.1) is 29.5 Å². The lowest BCUT2D eigenvalue weighted by molar-refractivity contribution is 0.00200. The molecule has 2 aromatic carbocycles. The second-order valence-corrected chi connectivity index (χ2v) is 11.8. The number of aromatic nitrogens is 4. The van der Waals surface area contributed by atoms with Gasteiger partial charge in [-0.05, 0) is 47.9 Å². The van der Waals surface area contributed by atoms with E-state index < -0.39 is 0 Å². The van der Waals surface area contributed by atoms with Crippen molar-refractivity contribution in [3.8, 4) is 5.69 Å². The summed E-state index contributed by atoms with van der Waals surface area (Å²) < 4.78 is 9.64. The third kappa shape index (κ3) is 4.29. The molecule has 188 valence electrons. The van der Waals surface area contributed by atoms with Gasteiger partial charge in [-0.3, -0.25) is 9.59 Å². The van der Waals surface area contributed by atoms with Crippen LogP contribution >= 0.6 is 34.7 Å². The highest BCUT2D eigenvalue weighted by molar-refractivity contribution is 7.99. The summed E-state index contributed by atoms with van der Waals surface area (Å²) in [6.45, 7) is 4.75. The minimum absolute atomic E-state index is 0.0373. The first-order chi connectivity index (χ1) is 17.9. The number of Topliss-reactive ketones (excluding diaryl/α,β-unsaturated/α-hetero) is 1. The van der Waals surface area contributed by atoms with E-state index >= 15 is 0 Å². The van der Waals surface area contributed by atoms with E-state index in [2.05, 4.69) is 24.0 Å². The van der Waals surface area contributed by atoms with E-state index in [1.807, 2.05) is 34.7 Å². The van der Waals surface area contributed by atoms with Crippen LogP contribution in [0, 0.1) is 5.92 Å². The number of hydrogen-bond donors (Lipinski definition) is 0. The van der Waals surface area contributed by atoms with Crippen LogP contribution in [0.1, 0.15) is 34.6 Å². The van der Waals surface area contributed by atoms with Crippen molar-refractivity contribution in [2.24, 2.45) is 5.92 Å². The lowest BCUT2D eigenvalue weighted by atomic mass is 9.96. The van der Waals surface area contributed by atoms with Gasteiger partial charge in [0, 0.05) is 21.9 Å².